The molecule has 2 aliphatic rings. The Labute approximate surface area is 114 Å². The number of fused-ring (bicyclic) bond motifs is 2. The Kier molecular flexibility index (Phi) is 3.45. The van der Waals surface area contributed by atoms with Crippen LogP contribution in [0, 0.1) is 17.3 Å². The molecular formula is C15H22O4. The van der Waals surface area contributed by atoms with E-state index in [0.717, 1.165) is 6.42 Å². The summed E-state index contributed by atoms with van der Waals surface area (Å²) < 4.78 is 10.3. The minimum atomic E-state index is -0.712. The summed E-state index contributed by atoms with van der Waals surface area (Å²) in [6.45, 7) is 5.49. The summed E-state index contributed by atoms with van der Waals surface area (Å²) in [4.78, 5) is 24.2. The van der Waals surface area contributed by atoms with Gasteiger partial charge in [-0.15, -0.1) is 0 Å². The van der Waals surface area contributed by atoms with E-state index in [4.69, 9.17) is 9.47 Å². The van der Waals surface area contributed by atoms with Gasteiger partial charge in [-0.25, -0.2) is 0 Å². The van der Waals surface area contributed by atoms with Crippen LogP contribution in [0.3, 0.4) is 0 Å². The highest BCUT2D eigenvalue weighted by atomic mass is 16.6. The van der Waals surface area contributed by atoms with E-state index in [0.29, 0.717) is 12.3 Å². The molecule has 19 heavy (non-hydrogen) atoms. The van der Waals surface area contributed by atoms with Crippen molar-refractivity contribution < 1.29 is 19.1 Å². The molecule has 2 bridgehead atoms. The third kappa shape index (κ3) is 2.67. The van der Waals surface area contributed by atoms with Gasteiger partial charge in [0.1, 0.15) is 5.60 Å². The van der Waals surface area contributed by atoms with Gasteiger partial charge in [-0.05, 0) is 45.4 Å². The number of ether oxygens (including phenoxy) is 2. The fraction of sp³-hybridized carbons (Fsp3) is 0.733. The van der Waals surface area contributed by atoms with Gasteiger partial charge in [-0.2, -0.15) is 0 Å². The molecular weight excluding hydrogens is 244 g/mol. The largest absolute Gasteiger partial charge is 0.469 e. The number of carbonyl (C=O) groups is 2. The monoisotopic (exact) mass is 266 g/mol. The van der Waals surface area contributed by atoms with E-state index in [1.165, 1.54) is 7.11 Å². The first-order valence-electron chi connectivity index (χ1n) is 6.75. The van der Waals surface area contributed by atoms with E-state index in [9.17, 15) is 9.59 Å². The molecule has 1 fully saturated rings. The Morgan fingerprint density at radius 3 is 2.42 bits per heavy atom. The smallest absolute Gasteiger partial charge is 0.313 e. The number of allylic oxidation sites excluding steroid dienone is 2. The average molecular weight is 266 g/mol. The summed E-state index contributed by atoms with van der Waals surface area (Å²) in [5, 5.41) is 0. The molecule has 4 nitrogen and oxygen atoms in total. The number of methoxy groups -OCH3 is 1. The lowest BCUT2D eigenvalue weighted by molar-refractivity contribution is -0.168. The van der Waals surface area contributed by atoms with Crippen molar-refractivity contribution >= 4 is 11.9 Å². The fourth-order valence-electron chi connectivity index (χ4n) is 3.30. The molecule has 0 radical (unpaired) electrons. The van der Waals surface area contributed by atoms with Crippen LogP contribution < -0.4 is 0 Å². The molecule has 0 heterocycles. The van der Waals surface area contributed by atoms with E-state index >= 15 is 0 Å². The molecule has 3 unspecified atom stereocenters. The van der Waals surface area contributed by atoms with E-state index in [1.54, 1.807) is 0 Å². The Morgan fingerprint density at radius 2 is 2.00 bits per heavy atom. The van der Waals surface area contributed by atoms with Gasteiger partial charge in [0.05, 0.1) is 18.9 Å². The second kappa shape index (κ2) is 4.66. The van der Waals surface area contributed by atoms with Crippen molar-refractivity contribution in [2.24, 2.45) is 17.3 Å². The standard InChI is InChI=1S/C15H22O4/c1-14(2,3)19-12(16)9-15(13(17)18-4)8-10-5-6-11(15)7-10/h5-6,10-11H,7-9H2,1-4H3. The second-order valence-corrected chi connectivity index (χ2v) is 6.60. The second-order valence-electron chi connectivity index (χ2n) is 6.60. The first kappa shape index (κ1) is 14.1. The molecule has 4 heteroatoms. The van der Waals surface area contributed by atoms with Gasteiger partial charge in [-0.1, -0.05) is 12.2 Å². The van der Waals surface area contributed by atoms with Gasteiger partial charge in [0.25, 0.3) is 0 Å². The number of hydrogen-bond donors (Lipinski definition) is 0. The van der Waals surface area contributed by atoms with Gasteiger partial charge in [0.15, 0.2) is 0 Å². The van der Waals surface area contributed by atoms with Crippen molar-refractivity contribution in [1.82, 2.24) is 0 Å². The maximum Gasteiger partial charge on any atom is 0.313 e. The Morgan fingerprint density at radius 1 is 1.32 bits per heavy atom. The maximum absolute atomic E-state index is 12.2. The molecule has 2 aliphatic carbocycles. The highest BCUT2D eigenvalue weighted by Crippen LogP contribution is 2.54. The van der Waals surface area contributed by atoms with Crippen molar-refractivity contribution in [3.8, 4) is 0 Å². The Hall–Kier alpha value is -1.32. The minimum absolute atomic E-state index is 0.109. The van der Waals surface area contributed by atoms with Gasteiger partial charge in [0, 0.05) is 0 Å². The summed E-state index contributed by atoms with van der Waals surface area (Å²) in [6.07, 6.45) is 5.94. The van der Waals surface area contributed by atoms with Crippen LogP contribution in [-0.2, 0) is 19.1 Å². The van der Waals surface area contributed by atoms with Crippen LogP contribution >= 0.6 is 0 Å². The summed E-state index contributed by atoms with van der Waals surface area (Å²) in [5.74, 6) is -0.0990. The first-order chi connectivity index (χ1) is 8.77. The van der Waals surface area contributed by atoms with Crippen LogP contribution in [0.5, 0.6) is 0 Å². The van der Waals surface area contributed by atoms with Crippen LogP contribution in [0.1, 0.15) is 40.0 Å². The number of hydrogen-bond acceptors (Lipinski definition) is 4. The number of carbonyl (C=O) groups excluding carboxylic acids is 2. The van der Waals surface area contributed by atoms with E-state index in [2.05, 4.69) is 12.2 Å². The van der Waals surface area contributed by atoms with Crippen LogP contribution in [0.2, 0.25) is 0 Å². The van der Waals surface area contributed by atoms with Gasteiger partial charge < -0.3 is 9.47 Å². The summed E-state index contributed by atoms with van der Waals surface area (Å²) in [6, 6.07) is 0. The van der Waals surface area contributed by atoms with Gasteiger partial charge in [-0.3, -0.25) is 9.59 Å². The quantitative estimate of drug-likeness (QED) is 0.581. The first-order valence-corrected chi connectivity index (χ1v) is 6.75. The highest BCUT2D eigenvalue weighted by molar-refractivity contribution is 5.85. The highest BCUT2D eigenvalue weighted by Gasteiger charge is 2.55. The van der Waals surface area contributed by atoms with Crippen molar-refractivity contribution in [3.63, 3.8) is 0 Å². The van der Waals surface area contributed by atoms with E-state index in [-0.39, 0.29) is 24.3 Å². The zero-order chi connectivity index (χ0) is 14.3. The molecule has 3 atom stereocenters. The molecule has 0 aromatic rings. The SMILES string of the molecule is COC(=O)C1(CC(=O)OC(C)(C)C)CC2C=CC1C2. The maximum atomic E-state index is 12.2. The van der Waals surface area contributed by atoms with E-state index in [1.807, 2.05) is 20.8 Å². The van der Waals surface area contributed by atoms with Crippen molar-refractivity contribution in [1.29, 1.82) is 0 Å². The van der Waals surface area contributed by atoms with Crippen molar-refractivity contribution in [2.75, 3.05) is 7.11 Å². The normalized spacial score (nSPS) is 32.4. The zero-order valence-electron chi connectivity index (χ0n) is 12.1. The molecule has 0 N–H and O–H groups in total. The number of rotatable bonds is 3. The summed E-state index contributed by atoms with van der Waals surface area (Å²) in [5.41, 5.74) is -1.24. The predicted octanol–water partition coefficient (Wildman–Crippen LogP) is 2.47. The van der Waals surface area contributed by atoms with Crippen molar-refractivity contribution in [2.45, 2.75) is 45.6 Å². The summed E-state index contributed by atoms with van der Waals surface area (Å²) >= 11 is 0. The zero-order valence-corrected chi connectivity index (χ0v) is 12.1. The molecule has 0 aromatic heterocycles. The molecule has 0 amide bonds. The average Bonchev–Trinajstić information content (AvgIpc) is 2.85. The molecule has 0 aromatic carbocycles. The topological polar surface area (TPSA) is 52.6 Å². The fourth-order valence-corrected chi connectivity index (χ4v) is 3.30. The Bertz CT molecular complexity index is 418. The van der Waals surface area contributed by atoms with Crippen LogP contribution in [0.15, 0.2) is 12.2 Å². The third-order valence-corrected chi connectivity index (χ3v) is 3.98. The molecule has 106 valence electrons. The predicted molar refractivity (Wildman–Crippen MR) is 70.3 cm³/mol. The molecule has 0 saturated heterocycles. The van der Waals surface area contributed by atoms with Crippen molar-refractivity contribution in [3.05, 3.63) is 12.2 Å². The summed E-state index contributed by atoms with van der Waals surface area (Å²) in [7, 11) is 1.38. The molecule has 0 aliphatic heterocycles. The lowest BCUT2D eigenvalue weighted by atomic mass is 9.73. The van der Waals surface area contributed by atoms with Crippen LogP contribution in [-0.4, -0.2) is 24.6 Å². The molecule has 1 saturated carbocycles. The molecule has 0 spiro atoms. The van der Waals surface area contributed by atoms with Crippen LogP contribution in [0.4, 0.5) is 0 Å². The van der Waals surface area contributed by atoms with E-state index < -0.39 is 11.0 Å². The lowest BCUT2D eigenvalue weighted by Crippen LogP contribution is -2.40. The minimum Gasteiger partial charge on any atom is -0.469 e. The molecule has 2 rings (SSSR count). The third-order valence-electron chi connectivity index (χ3n) is 3.98. The van der Waals surface area contributed by atoms with Crippen LogP contribution in [0.25, 0.3) is 0 Å². The Balaban J connectivity index is 2.15. The number of esters is 2. The van der Waals surface area contributed by atoms with Gasteiger partial charge >= 0.3 is 11.9 Å². The lowest BCUT2D eigenvalue weighted by Gasteiger charge is -2.32. The van der Waals surface area contributed by atoms with Gasteiger partial charge in [0.2, 0.25) is 0 Å².